The first kappa shape index (κ1) is 13.2. The number of aryl methyl sites for hydroxylation is 1. The number of benzene rings is 1. The van der Waals surface area contributed by atoms with E-state index in [1.807, 2.05) is 12.1 Å². The highest BCUT2D eigenvalue weighted by atomic mass is 16.4. The van der Waals surface area contributed by atoms with E-state index in [2.05, 4.69) is 11.4 Å². The number of carboxylic acids is 1. The van der Waals surface area contributed by atoms with E-state index in [-0.39, 0.29) is 17.9 Å². The Hall–Kier alpha value is -1.84. The molecule has 0 saturated heterocycles. The van der Waals surface area contributed by atoms with Crippen LogP contribution in [-0.4, -0.2) is 23.0 Å². The van der Waals surface area contributed by atoms with Crippen molar-refractivity contribution >= 4 is 11.9 Å². The standard InChI is InChI=1S/C16H19NO3/c18-15(17-12-8-7-11(9-12)16(19)20)14-6-2-4-10-3-1-5-13(10)14/h2,4,6,11-12H,1,3,5,7-9H2,(H,17,18)(H,19,20)/t11-,12+/m0/s1. The minimum absolute atomic E-state index is 0.000796. The molecule has 1 fully saturated rings. The average molecular weight is 273 g/mol. The third-order valence-corrected chi connectivity index (χ3v) is 4.51. The molecule has 0 radical (unpaired) electrons. The van der Waals surface area contributed by atoms with Crippen molar-refractivity contribution in [1.29, 1.82) is 0 Å². The highest BCUT2D eigenvalue weighted by molar-refractivity contribution is 5.96. The van der Waals surface area contributed by atoms with Crippen LogP contribution in [0.5, 0.6) is 0 Å². The van der Waals surface area contributed by atoms with Gasteiger partial charge in [0.25, 0.3) is 5.91 Å². The van der Waals surface area contributed by atoms with Crippen LogP contribution in [0.15, 0.2) is 18.2 Å². The molecule has 2 N–H and O–H groups in total. The van der Waals surface area contributed by atoms with Crippen LogP contribution >= 0.6 is 0 Å². The maximum absolute atomic E-state index is 12.4. The second-order valence-corrected chi connectivity index (χ2v) is 5.82. The summed E-state index contributed by atoms with van der Waals surface area (Å²) in [6.45, 7) is 0. The molecule has 0 heterocycles. The molecule has 0 unspecified atom stereocenters. The second-order valence-electron chi connectivity index (χ2n) is 5.82. The largest absolute Gasteiger partial charge is 0.481 e. The van der Waals surface area contributed by atoms with Crippen molar-refractivity contribution in [2.24, 2.45) is 5.92 Å². The van der Waals surface area contributed by atoms with Gasteiger partial charge in [-0.3, -0.25) is 9.59 Å². The third-order valence-electron chi connectivity index (χ3n) is 4.51. The summed E-state index contributed by atoms with van der Waals surface area (Å²) >= 11 is 0. The Morgan fingerprint density at radius 1 is 1.20 bits per heavy atom. The van der Waals surface area contributed by atoms with Gasteiger partial charge in [-0.05, 0) is 55.7 Å². The van der Waals surface area contributed by atoms with Gasteiger partial charge in [0.1, 0.15) is 0 Å². The number of fused-ring (bicyclic) bond motifs is 1. The molecule has 106 valence electrons. The van der Waals surface area contributed by atoms with Crippen LogP contribution < -0.4 is 5.32 Å². The minimum Gasteiger partial charge on any atom is -0.481 e. The van der Waals surface area contributed by atoms with Gasteiger partial charge in [0.2, 0.25) is 0 Å². The average Bonchev–Trinajstić information content (AvgIpc) is 3.05. The predicted octanol–water partition coefficient (Wildman–Crippen LogP) is 2.16. The number of aliphatic carboxylic acids is 1. The van der Waals surface area contributed by atoms with Gasteiger partial charge < -0.3 is 10.4 Å². The second kappa shape index (κ2) is 5.27. The smallest absolute Gasteiger partial charge is 0.306 e. The molecule has 0 spiro atoms. The van der Waals surface area contributed by atoms with Crippen LogP contribution in [0, 0.1) is 5.92 Å². The van der Waals surface area contributed by atoms with Gasteiger partial charge in [0, 0.05) is 11.6 Å². The van der Waals surface area contributed by atoms with Gasteiger partial charge in [0.15, 0.2) is 0 Å². The van der Waals surface area contributed by atoms with Crippen LogP contribution in [0.1, 0.15) is 47.2 Å². The van der Waals surface area contributed by atoms with Crippen molar-refractivity contribution in [1.82, 2.24) is 5.32 Å². The van der Waals surface area contributed by atoms with E-state index < -0.39 is 5.97 Å². The molecular formula is C16H19NO3. The van der Waals surface area contributed by atoms with Gasteiger partial charge in [-0.2, -0.15) is 0 Å². The van der Waals surface area contributed by atoms with E-state index in [9.17, 15) is 9.59 Å². The Bertz CT molecular complexity index is 553. The molecule has 0 aromatic heterocycles. The molecule has 20 heavy (non-hydrogen) atoms. The van der Waals surface area contributed by atoms with E-state index >= 15 is 0 Å². The van der Waals surface area contributed by atoms with Crippen LogP contribution in [0.2, 0.25) is 0 Å². The van der Waals surface area contributed by atoms with E-state index in [0.29, 0.717) is 12.8 Å². The van der Waals surface area contributed by atoms with Crippen LogP contribution in [0.25, 0.3) is 0 Å². The highest BCUT2D eigenvalue weighted by Crippen LogP contribution is 2.28. The van der Waals surface area contributed by atoms with Gasteiger partial charge >= 0.3 is 5.97 Å². The van der Waals surface area contributed by atoms with Crippen molar-refractivity contribution in [2.75, 3.05) is 0 Å². The Morgan fingerprint density at radius 3 is 2.80 bits per heavy atom. The third kappa shape index (κ3) is 2.42. The van der Waals surface area contributed by atoms with E-state index in [1.54, 1.807) is 0 Å². The molecule has 2 atom stereocenters. The van der Waals surface area contributed by atoms with E-state index in [4.69, 9.17) is 5.11 Å². The molecule has 1 aromatic carbocycles. The van der Waals surface area contributed by atoms with Crippen molar-refractivity contribution in [2.45, 2.75) is 44.6 Å². The molecule has 1 amide bonds. The SMILES string of the molecule is O=C(N[C@@H]1CC[C@H](C(=O)O)C1)c1cccc2c1CCC2. The maximum atomic E-state index is 12.4. The number of rotatable bonds is 3. The summed E-state index contributed by atoms with van der Waals surface area (Å²) in [5.41, 5.74) is 3.24. The van der Waals surface area contributed by atoms with Crippen LogP contribution in [0.4, 0.5) is 0 Å². The Morgan fingerprint density at radius 2 is 2.05 bits per heavy atom. The fourth-order valence-electron chi connectivity index (χ4n) is 3.43. The number of hydrogen-bond donors (Lipinski definition) is 2. The molecule has 0 bridgehead atoms. The zero-order valence-electron chi connectivity index (χ0n) is 11.4. The van der Waals surface area contributed by atoms with Gasteiger partial charge in [-0.15, -0.1) is 0 Å². The van der Waals surface area contributed by atoms with Crippen molar-refractivity contribution in [3.63, 3.8) is 0 Å². The van der Waals surface area contributed by atoms with Crippen molar-refractivity contribution in [3.8, 4) is 0 Å². The fourth-order valence-corrected chi connectivity index (χ4v) is 3.43. The normalized spacial score (nSPS) is 24.4. The molecule has 0 aliphatic heterocycles. The molecule has 1 saturated carbocycles. The summed E-state index contributed by atoms with van der Waals surface area (Å²) in [5, 5.41) is 12.0. The topological polar surface area (TPSA) is 66.4 Å². The molecule has 1 aromatic rings. The summed E-state index contributed by atoms with van der Waals surface area (Å²) in [7, 11) is 0. The lowest BCUT2D eigenvalue weighted by Gasteiger charge is -2.14. The van der Waals surface area contributed by atoms with Crippen LogP contribution in [-0.2, 0) is 17.6 Å². The zero-order chi connectivity index (χ0) is 14.1. The first-order valence-electron chi connectivity index (χ1n) is 7.29. The number of hydrogen-bond acceptors (Lipinski definition) is 2. The minimum atomic E-state index is -0.748. The fraction of sp³-hybridized carbons (Fsp3) is 0.500. The predicted molar refractivity (Wildman–Crippen MR) is 74.7 cm³/mol. The molecule has 4 heteroatoms. The number of nitrogens with one attached hydrogen (secondary N) is 1. The van der Waals surface area contributed by atoms with Crippen LogP contribution in [0.3, 0.4) is 0 Å². The van der Waals surface area contributed by atoms with E-state index in [0.717, 1.165) is 31.2 Å². The van der Waals surface area contributed by atoms with Gasteiger partial charge in [0.05, 0.1) is 5.92 Å². The van der Waals surface area contributed by atoms with Gasteiger partial charge in [-0.25, -0.2) is 0 Å². The van der Waals surface area contributed by atoms with E-state index in [1.165, 1.54) is 11.1 Å². The molecular weight excluding hydrogens is 254 g/mol. The number of carbonyl (C=O) groups excluding carboxylic acids is 1. The lowest BCUT2D eigenvalue weighted by Crippen LogP contribution is -2.33. The Kier molecular flexibility index (Phi) is 3.47. The summed E-state index contributed by atoms with van der Waals surface area (Å²) in [5.74, 6) is -1.09. The summed E-state index contributed by atoms with van der Waals surface area (Å²) in [4.78, 5) is 23.3. The molecule has 2 aliphatic carbocycles. The number of carboxylic acid groups (broad SMARTS) is 1. The lowest BCUT2D eigenvalue weighted by atomic mass is 10.0. The first-order valence-corrected chi connectivity index (χ1v) is 7.29. The van der Waals surface area contributed by atoms with Gasteiger partial charge in [-0.1, -0.05) is 12.1 Å². The first-order chi connectivity index (χ1) is 9.65. The monoisotopic (exact) mass is 273 g/mol. The molecule has 2 aliphatic rings. The molecule has 4 nitrogen and oxygen atoms in total. The number of carbonyl (C=O) groups is 2. The summed E-state index contributed by atoms with van der Waals surface area (Å²) in [6, 6.07) is 5.91. The van der Waals surface area contributed by atoms with Crippen molar-refractivity contribution < 1.29 is 14.7 Å². The lowest BCUT2D eigenvalue weighted by molar-refractivity contribution is -0.141. The zero-order valence-corrected chi connectivity index (χ0v) is 11.4. The highest BCUT2D eigenvalue weighted by Gasteiger charge is 2.31. The quantitative estimate of drug-likeness (QED) is 0.887. The summed E-state index contributed by atoms with van der Waals surface area (Å²) in [6.07, 6.45) is 5.12. The number of amides is 1. The Balaban J connectivity index is 1.69. The maximum Gasteiger partial charge on any atom is 0.306 e. The molecule has 3 rings (SSSR count). The summed E-state index contributed by atoms with van der Waals surface area (Å²) < 4.78 is 0. The Labute approximate surface area is 118 Å². The van der Waals surface area contributed by atoms with Crippen molar-refractivity contribution in [3.05, 3.63) is 34.9 Å².